The molecule has 0 fully saturated rings. The Bertz CT molecular complexity index is 637. The van der Waals surface area contributed by atoms with E-state index in [1.54, 1.807) is 23.9 Å². The molecule has 0 saturated carbocycles. The van der Waals surface area contributed by atoms with Gasteiger partial charge in [-0.15, -0.1) is 0 Å². The van der Waals surface area contributed by atoms with Gasteiger partial charge in [-0.25, -0.2) is 14.4 Å². The molecular weight excluding hydrogens is 263 g/mol. The summed E-state index contributed by atoms with van der Waals surface area (Å²) in [5, 5.41) is -0.384. The second-order valence-corrected chi connectivity index (χ2v) is 7.77. The maximum absolute atomic E-state index is 11.2. The maximum atomic E-state index is 11.2. The van der Waals surface area contributed by atoms with Crippen LogP contribution in [0, 0.1) is 0 Å². The van der Waals surface area contributed by atoms with Gasteiger partial charge in [-0.1, -0.05) is 0 Å². The molecule has 0 saturated heterocycles. The molecule has 0 aliphatic heterocycles. The van der Waals surface area contributed by atoms with Crippen LogP contribution in [-0.4, -0.2) is 34.3 Å². The predicted molar refractivity (Wildman–Crippen MR) is 72.9 cm³/mol. The molecule has 1 aliphatic rings. The van der Waals surface area contributed by atoms with Crippen molar-refractivity contribution in [3.63, 3.8) is 0 Å². The first-order valence-electron chi connectivity index (χ1n) is 5.52. The van der Waals surface area contributed by atoms with E-state index in [2.05, 4.69) is 0 Å². The summed E-state index contributed by atoms with van der Waals surface area (Å²) in [7, 11) is -1.35. The molecule has 1 aliphatic carbocycles. The van der Waals surface area contributed by atoms with Crippen LogP contribution in [0.3, 0.4) is 0 Å². The maximum Gasteiger partial charge on any atom is 0.332 e. The molecule has 1 rings (SSSR count). The fourth-order valence-corrected chi connectivity index (χ4v) is 3.71. The van der Waals surface area contributed by atoms with Crippen molar-refractivity contribution in [2.24, 2.45) is 0 Å². The summed E-state index contributed by atoms with van der Waals surface area (Å²) in [4.78, 5) is 43.9. The number of hydrogen-bond donors (Lipinski definition) is 0. The SMILES string of the molecule is CC(C)(C)[P+](=C=O)C1C=CC(=C=O)C(=C=O)C1=C=O. The van der Waals surface area contributed by atoms with Gasteiger partial charge in [0.1, 0.15) is 28.6 Å². The lowest BCUT2D eigenvalue weighted by atomic mass is 9.93. The molecule has 96 valence electrons. The van der Waals surface area contributed by atoms with E-state index >= 15 is 0 Å². The molecule has 5 heteroatoms. The van der Waals surface area contributed by atoms with E-state index in [4.69, 9.17) is 0 Å². The first kappa shape index (κ1) is 15.0. The Morgan fingerprint density at radius 3 is 2.05 bits per heavy atom. The molecule has 0 aromatic carbocycles. The Balaban J connectivity index is 3.57. The van der Waals surface area contributed by atoms with Crippen LogP contribution in [0.5, 0.6) is 0 Å². The zero-order valence-electron chi connectivity index (χ0n) is 10.8. The van der Waals surface area contributed by atoms with E-state index < -0.39 is 13.2 Å². The highest BCUT2D eigenvalue weighted by molar-refractivity contribution is 7.59. The third-order valence-corrected chi connectivity index (χ3v) is 5.33. The number of rotatable bonds is 1. The molecule has 0 bridgehead atoms. The van der Waals surface area contributed by atoms with E-state index in [1.165, 1.54) is 6.08 Å². The molecule has 0 amide bonds. The largest absolute Gasteiger partial charge is 0.332 e. The minimum Gasteiger partial charge on any atom is -0.233 e. The summed E-state index contributed by atoms with van der Waals surface area (Å²) in [5.74, 6) is 4.80. The van der Waals surface area contributed by atoms with Crippen LogP contribution >= 0.6 is 7.55 Å². The Morgan fingerprint density at radius 1 is 1.05 bits per heavy atom. The van der Waals surface area contributed by atoms with Crippen molar-refractivity contribution in [3.05, 3.63) is 28.9 Å². The molecule has 4 nitrogen and oxygen atoms in total. The van der Waals surface area contributed by atoms with Crippen molar-refractivity contribution >= 4 is 31.0 Å². The van der Waals surface area contributed by atoms with Gasteiger partial charge in [0.05, 0.1) is 11.1 Å². The smallest absolute Gasteiger partial charge is 0.233 e. The Kier molecular flexibility index (Phi) is 4.54. The third-order valence-electron chi connectivity index (χ3n) is 2.70. The van der Waals surface area contributed by atoms with E-state index in [0.717, 1.165) is 0 Å². The number of allylic oxidation sites excluding steroid dienone is 5. The van der Waals surface area contributed by atoms with Gasteiger partial charge in [-0.3, -0.25) is 0 Å². The van der Waals surface area contributed by atoms with Gasteiger partial charge in [-0.2, -0.15) is 4.79 Å². The summed E-state index contributed by atoms with van der Waals surface area (Å²) in [6, 6.07) is 0. The van der Waals surface area contributed by atoms with Gasteiger partial charge >= 0.3 is 5.66 Å². The summed E-state index contributed by atoms with van der Waals surface area (Å²) < 4.78 is 0. The molecule has 19 heavy (non-hydrogen) atoms. The highest BCUT2D eigenvalue weighted by Gasteiger charge is 2.43. The van der Waals surface area contributed by atoms with Crippen molar-refractivity contribution in [3.8, 4) is 0 Å². The molecule has 0 heterocycles. The van der Waals surface area contributed by atoms with E-state index in [1.807, 2.05) is 26.4 Å². The molecule has 2 unspecified atom stereocenters. The molecule has 2 atom stereocenters. The van der Waals surface area contributed by atoms with Crippen molar-refractivity contribution in [2.45, 2.75) is 31.6 Å². The zero-order chi connectivity index (χ0) is 14.6. The zero-order valence-corrected chi connectivity index (χ0v) is 11.7. The highest BCUT2D eigenvalue weighted by atomic mass is 31.1. The van der Waals surface area contributed by atoms with E-state index in [0.29, 0.717) is 0 Å². The highest BCUT2D eigenvalue weighted by Crippen LogP contribution is 2.48. The first-order valence-corrected chi connectivity index (χ1v) is 6.93. The fraction of sp³-hybridized carbons (Fsp3) is 0.357. The predicted octanol–water partition coefficient (Wildman–Crippen LogP) is 1.55. The van der Waals surface area contributed by atoms with E-state index in [9.17, 15) is 19.2 Å². The molecule has 0 radical (unpaired) electrons. The molecule has 0 aromatic heterocycles. The minimum absolute atomic E-state index is 0.0137. The van der Waals surface area contributed by atoms with Crippen LogP contribution in [0.1, 0.15) is 20.8 Å². The topological polar surface area (TPSA) is 68.3 Å². The van der Waals surface area contributed by atoms with Gasteiger partial charge in [0.15, 0.2) is 5.66 Å². The second kappa shape index (κ2) is 5.74. The van der Waals surface area contributed by atoms with Gasteiger partial charge in [-0.05, 0) is 32.9 Å². The van der Waals surface area contributed by atoms with Crippen LogP contribution in [0.25, 0.3) is 0 Å². The van der Waals surface area contributed by atoms with Gasteiger partial charge in [0.25, 0.3) is 0 Å². The normalized spacial score (nSPS) is 19.2. The fourth-order valence-electron chi connectivity index (χ4n) is 1.79. The van der Waals surface area contributed by atoms with Gasteiger partial charge in [0, 0.05) is 0 Å². The minimum atomic E-state index is -1.35. The first-order chi connectivity index (χ1) is 8.90. The average molecular weight is 275 g/mol. The summed E-state index contributed by atoms with van der Waals surface area (Å²) in [6.45, 7) is 5.57. The lowest BCUT2D eigenvalue weighted by molar-refractivity contribution is 0.562. The number of carbonyl (C=O) groups excluding carboxylic acids is 4. The molecular formula is C14H12O4P+. The monoisotopic (exact) mass is 275 g/mol. The Hall–Kier alpha value is -2.03. The van der Waals surface area contributed by atoms with E-state index in [-0.39, 0.29) is 21.9 Å². The van der Waals surface area contributed by atoms with Crippen molar-refractivity contribution < 1.29 is 19.2 Å². The summed E-state index contributed by atoms with van der Waals surface area (Å²) in [6.07, 6.45) is 2.94. The third kappa shape index (κ3) is 2.87. The number of hydrogen-bond acceptors (Lipinski definition) is 4. The average Bonchev–Trinajstić information content (AvgIpc) is 2.36. The van der Waals surface area contributed by atoms with Crippen LogP contribution < -0.4 is 0 Å². The molecule has 0 aromatic rings. The van der Waals surface area contributed by atoms with Crippen molar-refractivity contribution in [1.82, 2.24) is 0 Å². The van der Waals surface area contributed by atoms with Crippen LogP contribution in [0.4, 0.5) is 0 Å². The van der Waals surface area contributed by atoms with Gasteiger partial charge < -0.3 is 0 Å². The van der Waals surface area contributed by atoms with Crippen molar-refractivity contribution in [2.75, 3.05) is 0 Å². The summed E-state index contributed by atoms with van der Waals surface area (Å²) >= 11 is 0. The Labute approximate surface area is 111 Å². The van der Waals surface area contributed by atoms with Crippen LogP contribution in [-0.2, 0) is 19.2 Å². The quantitative estimate of drug-likeness (QED) is 0.538. The second-order valence-electron chi connectivity index (χ2n) is 4.94. The Morgan fingerprint density at radius 2 is 1.68 bits per heavy atom. The van der Waals surface area contributed by atoms with Crippen LogP contribution in [0.15, 0.2) is 28.9 Å². The molecule has 0 spiro atoms. The molecule has 0 N–H and O–H groups in total. The summed E-state index contributed by atoms with van der Waals surface area (Å²) in [5.41, 5.74) is 1.18. The van der Waals surface area contributed by atoms with Crippen molar-refractivity contribution in [1.29, 1.82) is 0 Å². The lowest BCUT2D eigenvalue weighted by Gasteiger charge is -2.18. The van der Waals surface area contributed by atoms with Gasteiger partial charge in [0.2, 0.25) is 7.55 Å². The standard InChI is InChI=1S/C14H12O4P/c1-14(2,3)19(9-18)13-5-4-10(6-15)11(7-16)12(13)8-17/h4-5,13H,1-3H3/q+1. The van der Waals surface area contributed by atoms with Crippen LogP contribution in [0.2, 0.25) is 0 Å². The lowest BCUT2D eigenvalue weighted by Crippen LogP contribution is -2.21.